The lowest BCUT2D eigenvalue weighted by Gasteiger charge is -2.34. The summed E-state index contributed by atoms with van der Waals surface area (Å²) in [5, 5.41) is 0. The fourth-order valence-electron chi connectivity index (χ4n) is 3.39. The number of rotatable bonds is 1. The van der Waals surface area contributed by atoms with Gasteiger partial charge in [0.05, 0.1) is 0 Å². The Bertz CT molecular complexity index is 267. The largest absolute Gasteiger partial charge is 0.295 e. The van der Waals surface area contributed by atoms with Gasteiger partial charge in [-0.1, -0.05) is 19.4 Å². The Morgan fingerprint density at radius 1 is 1.07 bits per heavy atom. The maximum atomic E-state index is 11.4. The van der Waals surface area contributed by atoms with Gasteiger partial charge in [0.25, 0.3) is 0 Å². The number of carbonyl (C=O) groups is 1. The third-order valence-corrected chi connectivity index (χ3v) is 3.94. The first kappa shape index (κ1) is 10.9. The van der Waals surface area contributed by atoms with Crippen LogP contribution in [0.25, 0.3) is 0 Å². The van der Waals surface area contributed by atoms with Gasteiger partial charge < -0.3 is 0 Å². The van der Waals surface area contributed by atoms with Gasteiger partial charge in [0.2, 0.25) is 0 Å². The summed E-state index contributed by atoms with van der Waals surface area (Å²) in [6.45, 7) is 4.71. The van der Waals surface area contributed by atoms with Crippen molar-refractivity contribution in [3.05, 3.63) is 11.6 Å². The molecule has 2 aliphatic rings. The van der Waals surface area contributed by atoms with Crippen LogP contribution in [-0.4, -0.2) is 5.78 Å². The smallest absolute Gasteiger partial charge is 0.155 e. The molecule has 0 aromatic rings. The van der Waals surface area contributed by atoms with Crippen LogP contribution < -0.4 is 0 Å². The van der Waals surface area contributed by atoms with Gasteiger partial charge in [-0.25, -0.2) is 0 Å². The SMILES string of the molecule is CC1CC(C)CC(C2=CC(=O)CCC2)C1. The van der Waals surface area contributed by atoms with E-state index in [-0.39, 0.29) is 0 Å². The molecule has 0 heterocycles. The quantitative estimate of drug-likeness (QED) is 0.638. The first-order valence-corrected chi connectivity index (χ1v) is 6.38. The minimum atomic E-state index is 0.363. The number of hydrogen-bond acceptors (Lipinski definition) is 1. The summed E-state index contributed by atoms with van der Waals surface area (Å²) in [6, 6.07) is 0. The standard InChI is InChI=1S/C14H22O/c1-10-6-11(2)8-13(7-10)12-4-3-5-14(15)9-12/h9-11,13H,3-8H2,1-2H3. The second-order valence-corrected chi connectivity index (χ2v) is 5.65. The molecule has 1 saturated carbocycles. The molecule has 0 radical (unpaired) electrons. The predicted octanol–water partition coefficient (Wildman–Crippen LogP) is 3.74. The lowest BCUT2D eigenvalue weighted by atomic mass is 9.72. The van der Waals surface area contributed by atoms with E-state index in [1.165, 1.54) is 31.3 Å². The summed E-state index contributed by atoms with van der Waals surface area (Å²) in [5.74, 6) is 2.77. The maximum Gasteiger partial charge on any atom is 0.155 e. The molecular formula is C14H22O. The molecule has 0 aliphatic heterocycles. The van der Waals surface area contributed by atoms with E-state index in [9.17, 15) is 4.79 Å². The van der Waals surface area contributed by atoms with E-state index in [1.54, 1.807) is 0 Å². The number of hydrogen-bond donors (Lipinski definition) is 0. The Kier molecular flexibility index (Phi) is 3.28. The van der Waals surface area contributed by atoms with Gasteiger partial charge in [0.1, 0.15) is 0 Å². The molecule has 0 bridgehead atoms. The second kappa shape index (κ2) is 4.51. The number of ketones is 1. The van der Waals surface area contributed by atoms with Gasteiger partial charge in [-0.05, 0) is 55.9 Å². The highest BCUT2D eigenvalue weighted by Gasteiger charge is 2.27. The van der Waals surface area contributed by atoms with Crippen molar-refractivity contribution >= 4 is 5.78 Å². The molecule has 2 atom stereocenters. The molecule has 0 N–H and O–H groups in total. The third kappa shape index (κ3) is 2.70. The Hall–Kier alpha value is -0.590. The lowest BCUT2D eigenvalue weighted by Crippen LogP contribution is -2.22. The second-order valence-electron chi connectivity index (χ2n) is 5.65. The molecule has 2 aliphatic carbocycles. The highest BCUT2D eigenvalue weighted by Crippen LogP contribution is 2.39. The van der Waals surface area contributed by atoms with Crippen LogP contribution in [0.15, 0.2) is 11.6 Å². The molecule has 0 aromatic carbocycles. The maximum absolute atomic E-state index is 11.4. The fraction of sp³-hybridized carbons (Fsp3) is 0.786. The van der Waals surface area contributed by atoms with Crippen molar-refractivity contribution in [3.63, 3.8) is 0 Å². The van der Waals surface area contributed by atoms with E-state index < -0.39 is 0 Å². The zero-order valence-electron chi connectivity index (χ0n) is 9.96. The van der Waals surface area contributed by atoms with Gasteiger partial charge in [-0.2, -0.15) is 0 Å². The molecule has 0 aromatic heterocycles. The molecule has 2 unspecified atom stereocenters. The molecular weight excluding hydrogens is 184 g/mol. The van der Waals surface area contributed by atoms with Crippen molar-refractivity contribution in [2.24, 2.45) is 17.8 Å². The summed E-state index contributed by atoms with van der Waals surface area (Å²) >= 11 is 0. The van der Waals surface area contributed by atoms with Crippen molar-refractivity contribution in [3.8, 4) is 0 Å². The molecule has 0 saturated heterocycles. The molecule has 2 rings (SSSR count). The van der Waals surface area contributed by atoms with E-state index in [0.717, 1.165) is 24.7 Å². The molecule has 1 heteroatoms. The van der Waals surface area contributed by atoms with Crippen molar-refractivity contribution < 1.29 is 4.79 Å². The molecule has 0 spiro atoms. The highest BCUT2D eigenvalue weighted by molar-refractivity contribution is 5.91. The van der Waals surface area contributed by atoms with Crippen LogP contribution in [0.3, 0.4) is 0 Å². The van der Waals surface area contributed by atoms with E-state index in [2.05, 4.69) is 13.8 Å². The van der Waals surface area contributed by atoms with Crippen LogP contribution in [-0.2, 0) is 4.79 Å². The van der Waals surface area contributed by atoms with E-state index in [0.29, 0.717) is 11.7 Å². The summed E-state index contributed by atoms with van der Waals surface area (Å²) in [6.07, 6.45) is 8.99. The van der Waals surface area contributed by atoms with Crippen LogP contribution in [0.4, 0.5) is 0 Å². The topological polar surface area (TPSA) is 17.1 Å². The average molecular weight is 206 g/mol. The molecule has 84 valence electrons. The van der Waals surface area contributed by atoms with Crippen molar-refractivity contribution in [2.45, 2.75) is 52.4 Å². The molecule has 15 heavy (non-hydrogen) atoms. The van der Waals surface area contributed by atoms with Crippen LogP contribution in [0.5, 0.6) is 0 Å². The van der Waals surface area contributed by atoms with Crippen molar-refractivity contribution in [1.29, 1.82) is 0 Å². The Morgan fingerprint density at radius 3 is 2.33 bits per heavy atom. The zero-order chi connectivity index (χ0) is 10.8. The van der Waals surface area contributed by atoms with Gasteiger partial charge >= 0.3 is 0 Å². The molecule has 1 fully saturated rings. The first-order valence-electron chi connectivity index (χ1n) is 6.38. The van der Waals surface area contributed by atoms with Crippen LogP contribution in [0.2, 0.25) is 0 Å². The zero-order valence-corrected chi connectivity index (χ0v) is 9.96. The number of carbonyl (C=O) groups excluding carboxylic acids is 1. The first-order chi connectivity index (χ1) is 7.15. The Balaban J connectivity index is 2.06. The normalized spacial score (nSPS) is 37.6. The van der Waals surface area contributed by atoms with Gasteiger partial charge in [-0.15, -0.1) is 0 Å². The monoisotopic (exact) mass is 206 g/mol. The summed E-state index contributed by atoms with van der Waals surface area (Å²) in [5.41, 5.74) is 1.46. The van der Waals surface area contributed by atoms with Gasteiger partial charge in [0, 0.05) is 6.42 Å². The lowest BCUT2D eigenvalue weighted by molar-refractivity contribution is -0.115. The van der Waals surface area contributed by atoms with E-state index >= 15 is 0 Å². The summed E-state index contributed by atoms with van der Waals surface area (Å²) in [7, 11) is 0. The summed E-state index contributed by atoms with van der Waals surface area (Å²) < 4.78 is 0. The van der Waals surface area contributed by atoms with Crippen LogP contribution in [0.1, 0.15) is 52.4 Å². The molecule has 1 nitrogen and oxygen atoms in total. The third-order valence-electron chi connectivity index (χ3n) is 3.94. The molecule has 0 amide bonds. The van der Waals surface area contributed by atoms with Gasteiger partial charge in [0.15, 0.2) is 5.78 Å². The fourth-order valence-corrected chi connectivity index (χ4v) is 3.39. The van der Waals surface area contributed by atoms with Crippen molar-refractivity contribution in [1.82, 2.24) is 0 Å². The van der Waals surface area contributed by atoms with Crippen LogP contribution in [0, 0.1) is 17.8 Å². The average Bonchev–Trinajstić information content (AvgIpc) is 2.16. The Labute approximate surface area is 92.9 Å². The minimum Gasteiger partial charge on any atom is -0.295 e. The van der Waals surface area contributed by atoms with E-state index in [4.69, 9.17) is 0 Å². The van der Waals surface area contributed by atoms with E-state index in [1.807, 2.05) is 6.08 Å². The van der Waals surface area contributed by atoms with Gasteiger partial charge in [-0.3, -0.25) is 4.79 Å². The minimum absolute atomic E-state index is 0.363. The van der Waals surface area contributed by atoms with Crippen molar-refractivity contribution in [2.75, 3.05) is 0 Å². The Morgan fingerprint density at radius 2 is 1.73 bits per heavy atom. The highest BCUT2D eigenvalue weighted by atomic mass is 16.1. The number of allylic oxidation sites excluding steroid dienone is 2. The summed E-state index contributed by atoms with van der Waals surface area (Å²) in [4.78, 5) is 11.4. The van der Waals surface area contributed by atoms with Crippen LogP contribution >= 0.6 is 0 Å². The predicted molar refractivity (Wildman–Crippen MR) is 62.6 cm³/mol.